The maximum Gasteiger partial charge on any atom is 0.143 e. The second-order valence-corrected chi connectivity index (χ2v) is 17.3. The van der Waals surface area contributed by atoms with E-state index in [9.17, 15) is 5.48 Å². The molecule has 0 atom stereocenters. The van der Waals surface area contributed by atoms with Crippen LogP contribution in [0, 0.1) is 0 Å². The molecule has 0 unspecified atom stereocenters. The van der Waals surface area contributed by atoms with Gasteiger partial charge in [0.25, 0.3) is 0 Å². The van der Waals surface area contributed by atoms with Crippen LogP contribution in [0.5, 0.6) is 0 Å². The van der Waals surface area contributed by atoms with Crippen LogP contribution in [-0.4, -0.2) is 0 Å². The average Bonchev–Trinajstić information content (AvgIpc) is 3.97. The molecule has 0 fully saturated rings. The van der Waals surface area contributed by atoms with E-state index in [-0.39, 0.29) is 35.4 Å². The third-order valence-electron chi connectivity index (χ3n) is 13.6. The van der Waals surface area contributed by atoms with Crippen LogP contribution in [-0.2, 0) is 5.41 Å². The van der Waals surface area contributed by atoms with Gasteiger partial charge in [0.1, 0.15) is 11.2 Å². The summed E-state index contributed by atoms with van der Waals surface area (Å²) in [5, 5.41) is 4.16. The first kappa shape index (κ1) is 34.7. The van der Waals surface area contributed by atoms with Gasteiger partial charge in [-0.05, 0) is 127 Å². The molecule has 314 valence electrons. The zero-order chi connectivity index (χ0) is 47.8. The van der Waals surface area contributed by atoms with Gasteiger partial charge in [-0.1, -0.05) is 206 Å². The highest BCUT2D eigenvalue weighted by Crippen LogP contribution is 2.57. The minimum Gasteiger partial charge on any atom is -0.455 e. The van der Waals surface area contributed by atoms with Crippen LogP contribution in [0.2, 0.25) is 0 Å². The van der Waals surface area contributed by atoms with Gasteiger partial charge in [0.15, 0.2) is 0 Å². The van der Waals surface area contributed by atoms with Gasteiger partial charge >= 0.3 is 0 Å². The summed E-state index contributed by atoms with van der Waals surface area (Å²) in [4.78, 5) is 1.93. The zero-order valence-corrected chi connectivity index (χ0v) is 36.4. The van der Waals surface area contributed by atoms with E-state index < -0.39 is 5.41 Å². The fraction of sp³-hybridized carbons (Fsp3) is 0.0154. The second-order valence-electron chi connectivity index (χ2n) is 17.3. The molecule has 1 aliphatic carbocycles. The van der Waals surface area contributed by atoms with Crippen LogP contribution in [0.1, 0.15) is 27.7 Å². The Balaban J connectivity index is 1.06. The lowest BCUT2D eigenvalue weighted by Crippen LogP contribution is -2.28. The first-order chi connectivity index (χ1) is 34.9. The predicted molar refractivity (Wildman–Crippen MR) is 280 cm³/mol. The number of hydrogen-bond acceptors (Lipinski definition) is 2. The molecule has 0 aliphatic heterocycles. The van der Waals surface area contributed by atoms with Crippen molar-refractivity contribution in [3.63, 3.8) is 0 Å². The highest BCUT2D eigenvalue weighted by Gasteiger charge is 2.46. The Morgan fingerprint density at radius 3 is 1.75 bits per heavy atom. The van der Waals surface area contributed by atoms with Gasteiger partial charge in [0.05, 0.1) is 10.9 Å². The lowest BCUT2D eigenvalue weighted by Gasteiger charge is -2.35. The van der Waals surface area contributed by atoms with E-state index in [0.29, 0.717) is 16.9 Å². The number of furan rings is 1. The van der Waals surface area contributed by atoms with Crippen molar-refractivity contribution in [2.24, 2.45) is 0 Å². The Hall–Kier alpha value is -8.72. The van der Waals surface area contributed by atoms with Gasteiger partial charge in [-0.25, -0.2) is 0 Å². The number of hydrogen-bond donors (Lipinski definition) is 0. The van der Waals surface area contributed by atoms with E-state index in [1.54, 1.807) is 0 Å². The number of benzene rings is 11. The molecule has 1 heterocycles. The van der Waals surface area contributed by atoms with Crippen LogP contribution in [0.15, 0.2) is 265 Å². The summed E-state index contributed by atoms with van der Waals surface area (Å²) in [6.45, 7) is 0. The van der Waals surface area contributed by atoms with Crippen LogP contribution >= 0.6 is 0 Å². The average molecular weight is 858 g/mol. The minimum absolute atomic E-state index is 0.120. The third-order valence-corrected chi connectivity index (χ3v) is 13.6. The largest absolute Gasteiger partial charge is 0.455 e. The van der Waals surface area contributed by atoms with Gasteiger partial charge in [-0.15, -0.1) is 0 Å². The van der Waals surface area contributed by atoms with Crippen molar-refractivity contribution in [3.05, 3.63) is 283 Å². The smallest absolute Gasteiger partial charge is 0.143 e. The standard InChI is InChI=1S/C65H43NO/c1-4-17-44(18-5-1)47-20-14-21-48(41-47)45-33-36-52(37-34-45)66(53-27-15-22-49(42-53)55-30-16-32-62-63(55)59-39-35-46-19-10-11-28-56(46)64(59)67-62)54-38-40-58-57-29-12-13-31-60(57)65(61(58)43-54,50-23-6-2-7-24-50)51-25-8-3-9-26-51/h1-43H/i33D,34D,36D,37D. The van der Waals surface area contributed by atoms with Gasteiger partial charge in [-0.3, -0.25) is 0 Å². The van der Waals surface area contributed by atoms with Crippen molar-refractivity contribution in [3.8, 4) is 44.5 Å². The quantitative estimate of drug-likeness (QED) is 0.151. The summed E-state index contributed by atoms with van der Waals surface area (Å²) < 4.78 is 46.1. The highest BCUT2D eigenvalue weighted by molar-refractivity contribution is 6.19. The first-order valence-electron chi connectivity index (χ1n) is 24.8. The summed E-state index contributed by atoms with van der Waals surface area (Å²) in [6.07, 6.45) is 0. The predicted octanol–water partition coefficient (Wildman–Crippen LogP) is 17.6. The first-order valence-corrected chi connectivity index (χ1v) is 22.8. The van der Waals surface area contributed by atoms with Crippen LogP contribution < -0.4 is 4.90 Å². The van der Waals surface area contributed by atoms with Crippen LogP contribution in [0.4, 0.5) is 17.1 Å². The van der Waals surface area contributed by atoms with Crippen molar-refractivity contribution in [2.45, 2.75) is 5.41 Å². The number of fused-ring (bicyclic) bond motifs is 8. The van der Waals surface area contributed by atoms with Crippen molar-refractivity contribution in [1.29, 1.82) is 0 Å². The molecule has 2 heteroatoms. The van der Waals surface area contributed by atoms with Crippen molar-refractivity contribution in [2.75, 3.05) is 4.90 Å². The second kappa shape index (κ2) is 15.8. The molecular weight excluding hydrogens is 811 g/mol. The number of anilines is 3. The van der Waals surface area contributed by atoms with E-state index in [1.165, 1.54) is 0 Å². The SMILES string of the molecule is [2H]c1c([2H])c(N(c2cccc(-c3cccc4oc5c6ccccc6ccc5c34)c2)c2ccc3c(c2)C(c2ccccc2)(c2ccccc2)c2ccccc2-3)c([2H])c([2H])c1-c1cccc(-c2ccccc2)c1. The van der Waals surface area contributed by atoms with Crippen molar-refractivity contribution >= 4 is 49.8 Å². The molecule has 0 N–H and O–H groups in total. The maximum atomic E-state index is 9.99. The zero-order valence-electron chi connectivity index (χ0n) is 40.4. The monoisotopic (exact) mass is 857 g/mol. The third kappa shape index (κ3) is 6.26. The molecule has 2 nitrogen and oxygen atoms in total. The van der Waals surface area contributed by atoms with Gasteiger partial charge in [0, 0.05) is 33.2 Å². The summed E-state index contributed by atoms with van der Waals surface area (Å²) in [5.41, 5.74) is 13.8. The fourth-order valence-electron chi connectivity index (χ4n) is 10.6. The topological polar surface area (TPSA) is 16.4 Å². The van der Waals surface area contributed by atoms with E-state index in [2.05, 4.69) is 133 Å². The molecule has 0 saturated heterocycles. The molecule has 0 bridgehead atoms. The van der Waals surface area contributed by atoms with Gasteiger partial charge in [0.2, 0.25) is 0 Å². The Morgan fingerprint density at radius 1 is 0.358 bits per heavy atom. The lowest BCUT2D eigenvalue weighted by atomic mass is 9.67. The summed E-state index contributed by atoms with van der Waals surface area (Å²) in [6, 6.07) is 80.4. The molecule has 0 radical (unpaired) electrons. The normalized spacial score (nSPS) is 13.4. The van der Waals surface area contributed by atoms with Crippen molar-refractivity contribution in [1.82, 2.24) is 0 Å². The Labute approximate surface area is 395 Å². The molecule has 11 aromatic carbocycles. The highest BCUT2D eigenvalue weighted by atomic mass is 16.3. The van der Waals surface area contributed by atoms with Gasteiger partial charge < -0.3 is 9.32 Å². The Bertz CT molecular complexity index is 3990. The molecule has 12 aromatic rings. The fourth-order valence-corrected chi connectivity index (χ4v) is 10.6. The summed E-state index contributed by atoms with van der Waals surface area (Å²) in [7, 11) is 0. The van der Waals surface area contributed by atoms with Crippen molar-refractivity contribution < 1.29 is 9.90 Å². The van der Waals surface area contributed by atoms with Crippen LogP contribution in [0.25, 0.3) is 77.2 Å². The van der Waals surface area contributed by atoms with Gasteiger partial charge in [-0.2, -0.15) is 0 Å². The maximum absolute atomic E-state index is 9.99. The molecule has 0 saturated carbocycles. The molecule has 1 aliphatic rings. The molecular formula is C65H43NO. The van der Waals surface area contributed by atoms with Crippen LogP contribution in [0.3, 0.4) is 0 Å². The summed E-state index contributed by atoms with van der Waals surface area (Å²) in [5.74, 6) is 0. The van der Waals surface area contributed by atoms with E-state index >= 15 is 0 Å². The number of nitrogens with zero attached hydrogens (tertiary/aromatic N) is 1. The lowest BCUT2D eigenvalue weighted by molar-refractivity contribution is 0.673. The molecule has 67 heavy (non-hydrogen) atoms. The molecule has 1 aromatic heterocycles. The summed E-state index contributed by atoms with van der Waals surface area (Å²) >= 11 is 0. The molecule has 0 spiro atoms. The molecule has 13 rings (SSSR count). The Kier molecular flexibility index (Phi) is 8.15. The number of rotatable bonds is 8. The van der Waals surface area contributed by atoms with E-state index in [4.69, 9.17) is 4.42 Å². The minimum atomic E-state index is -0.720. The van der Waals surface area contributed by atoms with E-state index in [0.717, 1.165) is 88.3 Å². The Morgan fingerprint density at radius 2 is 0.955 bits per heavy atom. The molecule has 0 amide bonds. The van der Waals surface area contributed by atoms with E-state index in [1.807, 2.05) is 108 Å².